The summed E-state index contributed by atoms with van der Waals surface area (Å²) in [6.07, 6.45) is 1.33. The van der Waals surface area contributed by atoms with Crippen molar-refractivity contribution in [3.63, 3.8) is 0 Å². The van der Waals surface area contributed by atoms with Gasteiger partial charge in [0.15, 0.2) is 0 Å². The smallest absolute Gasteiger partial charge is 0.409 e. The molecule has 0 N–H and O–H groups in total. The Balaban J connectivity index is 1.80. The molecule has 2 heterocycles. The molecule has 1 aliphatic heterocycles. The Morgan fingerprint density at radius 1 is 1.25 bits per heavy atom. The molecule has 1 aliphatic rings. The molecule has 152 valence electrons. The molecule has 3 rings (SSSR count). The summed E-state index contributed by atoms with van der Waals surface area (Å²) in [7, 11) is 0. The molecule has 0 atom stereocenters. The predicted octanol–water partition coefficient (Wildman–Crippen LogP) is 2.83. The molecule has 1 saturated heterocycles. The average molecular weight is 499 g/mol. The third kappa shape index (κ3) is 4.18. The first kappa shape index (κ1) is 20.7. The Bertz CT molecular complexity index is 884. The molecular weight excluding hydrogens is 473 g/mol. The van der Waals surface area contributed by atoms with Gasteiger partial charge >= 0.3 is 11.8 Å². The number of piperazine rings is 1. The maximum Gasteiger partial charge on any atom is 0.409 e. The number of halogens is 1. The van der Waals surface area contributed by atoms with Crippen LogP contribution in [-0.2, 0) is 9.16 Å². The molecule has 1 aromatic carbocycles. The van der Waals surface area contributed by atoms with E-state index < -0.39 is 0 Å². The van der Waals surface area contributed by atoms with Crippen molar-refractivity contribution in [1.82, 2.24) is 19.2 Å². The van der Waals surface area contributed by atoms with Gasteiger partial charge in [0.05, 0.1) is 18.3 Å². The van der Waals surface area contributed by atoms with Crippen LogP contribution in [-0.4, -0.2) is 58.1 Å². The van der Waals surface area contributed by atoms with Crippen LogP contribution in [0.15, 0.2) is 29.3 Å². The van der Waals surface area contributed by atoms with Gasteiger partial charge < -0.3 is 14.5 Å². The summed E-state index contributed by atoms with van der Waals surface area (Å²) < 4.78 is 8.97. The third-order valence-corrected chi connectivity index (χ3v) is 5.64. The predicted molar refractivity (Wildman–Crippen MR) is 117 cm³/mol. The Kier molecular flexibility index (Phi) is 6.63. The topological polar surface area (TPSA) is 72.6 Å². The second-order valence-corrected chi connectivity index (χ2v) is 7.70. The second kappa shape index (κ2) is 8.97. The lowest BCUT2D eigenvalue weighted by Crippen LogP contribution is -2.49. The lowest BCUT2D eigenvalue weighted by molar-refractivity contribution is 0.105. The van der Waals surface area contributed by atoms with Crippen LogP contribution >= 0.6 is 22.6 Å². The monoisotopic (exact) mass is 499 g/mol. The molecule has 0 radical (unpaired) electrons. The molecule has 0 aliphatic carbocycles. The van der Waals surface area contributed by atoms with E-state index in [0.29, 0.717) is 19.7 Å². The Hall–Kier alpha value is -2.04. The van der Waals surface area contributed by atoms with Crippen LogP contribution in [0.3, 0.4) is 0 Å². The molecule has 0 saturated carbocycles. The quantitative estimate of drug-likeness (QED) is 0.468. The van der Waals surface area contributed by atoms with Crippen LogP contribution in [0.2, 0.25) is 0 Å². The standard InChI is InChI=1S/C19H26IN5O3/c1-4-28-19(27)23-9-7-22(8-10-23)17-6-5-16(11-15(17)12-20)24-13-21-25(14(2)3)18(24)26/h5-6,11,13-14H,4,7-10,12H2,1-3H3. The number of hydrogen-bond donors (Lipinski definition) is 0. The highest BCUT2D eigenvalue weighted by Gasteiger charge is 2.23. The molecule has 1 amide bonds. The summed E-state index contributed by atoms with van der Waals surface area (Å²) in [5.41, 5.74) is 2.99. The highest BCUT2D eigenvalue weighted by atomic mass is 127. The van der Waals surface area contributed by atoms with E-state index in [1.807, 2.05) is 32.9 Å². The van der Waals surface area contributed by atoms with E-state index >= 15 is 0 Å². The summed E-state index contributed by atoms with van der Waals surface area (Å²) in [5.74, 6) is 0. The van der Waals surface area contributed by atoms with Gasteiger partial charge in [0.1, 0.15) is 6.33 Å². The number of ether oxygens (including phenoxy) is 1. The van der Waals surface area contributed by atoms with Crippen LogP contribution in [0.4, 0.5) is 10.5 Å². The van der Waals surface area contributed by atoms with Crippen LogP contribution in [0, 0.1) is 0 Å². The number of carbonyl (C=O) groups is 1. The zero-order chi connectivity index (χ0) is 20.3. The minimum absolute atomic E-state index is 0.0211. The lowest BCUT2D eigenvalue weighted by Gasteiger charge is -2.36. The maximum atomic E-state index is 12.6. The molecule has 28 heavy (non-hydrogen) atoms. The molecule has 2 aromatic rings. The number of anilines is 1. The lowest BCUT2D eigenvalue weighted by atomic mass is 10.1. The molecule has 0 bridgehead atoms. The summed E-state index contributed by atoms with van der Waals surface area (Å²) in [6.45, 7) is 8.89. The number of carbonyl (C=O) groups excluding carboxylic acids is 1. The normalized spacial score (nSPS) is 14.6. The Labute approximate surface area is 178 Å². The van der Waals surface area contributed by atoms with Gasteiger partial charge in [-0.1, -0.05) is 22.6 Å². The van der Waals surface area contributed by atoms with E-state index in [1.165, 1.54) is 4.68 Å². The molecule has 8 nitrogen and oxygen atoms in total. The van der Waals surface area contributed by atoms with Crippen LogP contribution < -0.4 is 10.6 Å². The Morgan fingerprint density at radius 3 is 2.54 bits per heavy atom. The molecule has 1 aromatic heterocycles. The SMILES string of the molecule is CCOC(=O)N1CCN(c2ccc(-n3cnn(C(C)C)c3=O)cc2CI)CC1. The van der Waals surface area contributed by atoms with Gasteiger partial charge in [-0.25, -0.2) is 18.8 Å². The van der Waals surface area contributed by atoms with Gasteiger partial charge in [0.2, 0.25) is 0 Å². The average Bonchev–Trinajstić information content (AvgIpc) is 3.09. The number of nitrogens with zero attached hydrogens (tertiary/aromatic N) is 5. The fourth-order valence-electron chi connectivity index (χ4n) is 3.33. The maximum absolute atomic E-state index is 12.6. The number of amides is 1. The van der Waals surface area contributed by atoms with Crippen molar-refractivity contribution in [1.29, 1.82) is 0 Å². The highest BCUT2D eigenvalue weighted by Crippen LogP contribution is 2.27. The zero-order valence-corrected chi connectivity index (χ0v) is 18.6. The molecule has 1 fully saturated rings. The number of rotatable bonds is 5. The van der Waals surface area contributed by atoms with Crippen molar-refractivity contribution >= 4 is 34.4 Å². The van der Waals surface area contributed by atoms with Crippen molar-refractivity contribution in [2.24, 2.45) is 0 Å². The van der Waals surface area contributed by atoms with Crippen molar-refractivity contribution < 1.29 is 9.53 Å². The van der Waals surface area contributed by atoms with Crippen LogP contribution in [0.25, 0.3) is 5.69 Å². The second-order valence-electron chi connectivity index (χ2n) is 6.94. The van der Waals surface area contributed by atoms with Gasteiger partial charge in [-0.3, -0.25) is 0 Å². The minimum atomic E-state index is -0.242. The summed E-state index contributed by atoms with van der Waals surface area (Å²) in [4.78, 5) is 28.5. The first-order valence-electron chi connectivity index (χ1n) is 9.48. The van der Waals surface area contributed by atoms with E-state index in [9.17, 15) is 9.59 Å². The van der Waals surface area contributed by atoms with Gasteiger partial charge in [-0.2, -0.15) is 5.10 Å². The number of benzene rings is 1. The number of aromatic nitrogens is 3. The van der Waals surface area contributed by atoms with Crippen molar-refractivity contribution in [2.45, 2.75) is 31.2 Å². The van der Waals surface area contributed by atoms with E-state index in [-0.39, 0.29) is 17.8 Å². The molecule has 0 spiro atoms. The van der Waals surface area contributed by atoms with Gasteiger partial charge in [0.25, 0.3) is 0 Å². The Morgan fingerprint density at radius 2 is 1.96 bits per heavy atom. The van der Waals surface area contributed by atoms with Crippen molar-refractivity contribution in [2.75, 3.05) is 37.7 Å². The summed E-state index contributed by atoms with van der Waals surface area (Å²) in [6, 6.07) is 6.08. The number of alkyl halides is 1. The van der Waals surface area contributed by atoms with Gasteiger partial charge in [0, 0.05) is 36.3 Å². The molecule has 0 unspecified atom stereocenters. The highest BCUT2D eigenvalue weighted by molar-refractivity contribution is 14.1. The first-order valence-corrected chi connectivity index (χ1v) is 11.0. The van der Waals surface area contributed by atoms with Crippen molar-refractivity contribution in [3.8, 4) is 5.69 Å². The largest absolute Gasteiger partial charge is 0.450 e. The molecular formula is C19H26IN5O3. The first-order chi connectivity index (χ1) is 13.5. The van der Waals surface area contributed by atoms with Crippen LogP contribution in [0.5, 0.6) is 0 Å². The summed E-state index contributed by atoms with van der Waals surface area (Å²) in [5, 5.41) is 4.20. The van der Waals surface area contributed by atoms with E-state index in [4.69, 9.17) is 4.74 Å². The minimum Gasteiger partial charge on any atom is -0.450 e. The fourth-order valence-corrected chi connectivity index (χ4v) is 3.94. The zero-order valence-electron chi connectivity index (χ0n) is 16.5. The fraction of sp³-hybridized carbons (Fsp3) is 0.526. The van der Waals surface area contributed by atoms with E-state index in [2.05, 4.69) is 38.7 Å². The summed E-state index contributed by atoms with van der Waals surface area (Å²) >= 11 is 2.34. The van der Waals surface area contributed by atoms with Gasteiger partial charge in [-0.15, -0.1) is 0 Å². The third-order valence-electron chi connectivity index (χ3n) is 4.81. The molecule has 9 heteroatoms. The van der Waals surface area contributed by atoms with Crippen LogP contribution in [0.1, 0.15) is 32.4 Å². The van der Waals surface area contributed by atoms with Crippen molar-refractivity contribution in [3.05, 3.63) is 40.6 Å². The van der Waals surface area contributed by atoms with E-state index in [1.54, 1.807) is 15.8 Å². The number of hydrogen-bond acceptors (Lipinski definition) is 5. The van der Waals surface area contributed by atoms with E-state index in [0.717, 1.165) is 34.5 Å². The van der Waals surface area contributed by atoms with Gasteiger partial charge in [-0.05, 0) is 44.5 Å².